The van der Waals surface area contributed by atoms with Crippen molar-refractivity contribution in [2.45, 2.75) is 63.8 Å². The van der Waals surface area contributed by atoms with E-state index in [1.807, 2.05) is 12.3 Å². The monoisotopic (exact) mass is 286 g/mol. The van der Waals surface area contributed by atoms with E-state index < -0.39 is 0 Å². The maximum atomic E-state index is 13.2. The Balaban J connectivity index is 1.85. The Morgan fingerprint density at radius 2 is 2.00 bits per heavy atom. The third kappa shape index (κ3) is 2.76. The molecule has 0 saturated carbocycles. The summed E-state index contributed by atoms with van der Waals surface area (Å²) in [5, 5.41) is 0. The average molecular weight is 286 g/mol. The quantitative estimate of drug-likeness (QED) is 0.854. The molecule has 1 fully saturated rings. The molecule has 0 aromatic carbocycles. The largest absolute Gasteiger partial charge is 0.297 e. The summed E-state index contributed by atoms with van der Waals surface area (Å²) in [6.07, 6.45) is 8.70. The minimum atomic E-state index is -0.364. The predicted molar refractivity (Wildman–Crippen MR) is 84.4 cm³/mol. The number of likely N-dealkylation sites (tertiary alicyclic amines) is 1. The van der Waals surface area contributed by atoms with Gasteiger partial charge in [-0.1, -0.05) is 12.5 Å². The van der Waals surface area contributed by atoms with Gasteiger partial charge < -0.3 is 0 Å². The smallest absolute Gasteiger partial charge is 0.161 e. The third-order valence-electron chi connectivity index (χ3n) is 5.26. The first-order valence-electron chi connectivity index (χ1n) is 8.34. The number of piperidine rings is 1. The summed E-state index contributed by atoms with van der Waals surface area (Å²) in [6, 6.07) is 4.12. The molecule has 1 unspecified atom stereocenters. The number of rotatable bonds is 3. The molecule has 3 rings (SSSR count). The number of hydrogen-bond donors (Lipinski definition) is 0. The fraction of sp³-hybridized carbons (Fsp3) is 0.667. The number of nitrogens with zero attached hydrogens (tertiary/aromatic N) is 2. The number of Topliss-reactive ketones (excluding diaryl/α,β-unsaturated/α-hetero) is 1. The Labute approximate surface area is 127 Å². The average Bonchev–Trinajstić information content (AvgIpc) is 2.54. The van der Waals surface area contributed by atoms with Crippen molar-refractivity contribution in [1.82, 2.24) is 9.88 Å². The molecule has 2 heterocycles. The van der Waals surface area contributed by atoms with Crippen LogP contribution < -0.4 is 0 Å². The topological polar surface area (TPSA) is 33.2 Å². The van der Waals surface area contributed by atoms with Crippen molar-refractivity contribution < 1.29 is 4.79 Å². The minimum Gasteiger partial charge on any atom is -0.297 e. The van der Waals surface area contributed by atoms with Crippen molar-refractivity contribution in [2.75, 3.05) is 13.1 Å². The molecule has 3 heteroatoms. The van der Waals surface area contributed by atoms with Gasteiger partial charge in [-0.15, -0.1) is 0 Å². The lowest BCUT2D eigenvalue weighted by Gasteiger charge is -2.42. The third-order valence-corrected chi connectivity index (χ3v) is 5.26. The summed E-state index contributed by atoms with van der Waals surface area (Å²) in [5.74, 6) is 0.357. The van der Waals surface area contributed by atoms with Crippen LogP contribution in [0.2, 0.25) is 0 Å². The van der Waals surface area contributed by atoms with Gasteiger partial charge in [-0.25, -0.2) is 0 Å². The normalized spacial score (nSPS) is 23.6. The second-order valence-electron chi connectivity index (χ2n) is 6.96. The van der Waals surface area contributed by atoms with E-state index in [0.717, 1.165) is 38.0 Å². The van der Waals surface area contributed by atoms with Crippen molar-refractivity contribution in [2.24, 2.45) is 0 Å². The molecule has 1 atom stereocenters. The van der Waals surface area contributed by atoms with Gasteiger partial charge in [0, 0.05) is 6.20 Å². The predicted octanol–water partition coefficient (Wildman–Crippen LogP) is 3.34. The van der Waals surface area contributed by atoms with Gasteiger partial charge in [0.25, 0.3) is 0 Å². The highest BCUT2D eigenvalue weighted by Crippen LogP contribution is 2.35. The van der Waals surface area contributed by atoms with Crippen LogP contribution in [0.3, 0.4) is 0 Å². The number of ketones is 1. The minimum absolute atomic E-state index is 0.00752. The van der Waals surface area contributed by atoms with E-state index in [0.29, 0.717) is 5.78 Å². The van der Waals surface area contributed by atoms with E-state index in [2.05, 4.69) is 29.8 Å². The van der Waals surface area contributed by atoms with Gasteiger partial charge >= 0.3 is 0 Å². The van der Waals surface area contributed by atoms with Crippen molar-refractivity contribution in [3.8, 4) is 0 Å². The zero-order chi connectivity index (χ0) is 14.9. The van der Waals surface area contributed by atoms with E-state index in [9.17, 15) is 4.79 Å². The molecule has 1 aliphatic heterocycles. The second-order valence-corrected chi connectivity index (χ2v) is 6.96. The van der Waals surface area contributed by atoms with Crippen molar-refractivity contribution in [3.63, 3.8) is 0 Å². The van der Waals surface area contributed by atoms with Crippen LogP contribution in [-0.2, 0) is 11.2 Å². The summed E-state index contributed by atoms with van der Waals surface area (Å²) in [5.41, 5.74) is 1.95. The molecule has 1 aromatic heterocycles. The fourth-order valence-electron chi connectivity index (χ4n) is 3.90. The number of pyridine rings is 1. The zero-order valence-electron chi connectivity index (χ0n) is 13.3. The number of aromatic nitrogens is 1. The van der Waals surface area contributed by atoms with E-state index in [1.165, 1.54) is 24.8 Å². The van der Waals surface area contributed by atoms with Crippen LogP contribution in [0.25, 0.3) is 0 Å². The molecule has 114 valence electrons. The molecule has 3 nitrogen and oxygen atoms in total. The maximum absolute atomic E-state index is 13.2. The van der Waals surface area contributed by atoms with E-state index in [-0.39, 0.29) is 11.5 Å². The standard InChI is InChI=1S/C18H26N2O/c1-18(2,20-12-4-3-5-13-20)17(21)15-10-6-8-14-9-7-11-19-16(14)15/h7,9,11,15H,3-6,8,10,12-13H2,1-2H3. The highest BCUT2D eigenvalue weighted by Gasteiger charge is 2.41. The van der Waals surface area contributed by atoms with Crippen LogP contribution in [0.5, 0.6) is 0 Å². The van der Waals surface area contributed by atoms with Gasteiger partial charge in [-0.05, 0) is 70.7 Å². The SMILES string of the molecule is CC(C)(C(=O)C1CCCc2cccnc21)N1CCCCC1. The molecule has 0 radical (unpaired) electrons. The molecule has 1 aromatic rings. The zero-order valence-corrected chi connectivity index (χ0v) is 13.3. The maximum Gasteiger partial charge on any atom is 0.161 e. The van der Waals surface area contributed by atoms with Crippen LogP contribution in [-0.4, -0.2) is 34.3 Å². The molecule has 1 saturated heterocycles. The summed E-state index contributed by atoms with van der Waals surface area (Å²) in [6.45, 7) is 6.33. The van der Waals surface area contributed by atoms with Gasteiger partial charge in [-0.3, -0.25) is 14.7 Å². The highest BCUT2D eigenvalue weighted by atomic mass is 16.1. The first-order chi connectivity index (χ1) is 10.1. The Kier molecular flexibility index (Phi) is 4.12. The molecule has 0 amide bonds. The van der Waals surface area contributed by atoms with E-state index >= 15 is 0 Å². The van der Waals surface area contributed by atoms with Gasteiger partial charge in [0.1, 0.15) is 0 Å². The van der Waals surface area contributed by atoms with Crippen LogP contribution in [0.15, 0.2) is 18.3 Å². The lowest BCUT2D eigenvalue weighted by molar-refractivity contribution is -0.132. The van der Waals surface area contributed by atoms with Gasteiger partial charge in [0.05, 0.1) is 17.2 Å². The number of carbonyl (C=O) groups excluding carboxylic acids is 1. The highest BCUT2D eigenvalue weighted by molar-refractivity contribution is 5.93. The molecule has 0 N–H and O–H groups in total. The second kappa shape index (κ2) is 5.88. The Hall–Kier alpha value is -1.22. The number of aryl methyl sites for hydroxylation is 1. The molecule has 21 heavy (non-hydrogen) atoms. The Morgan fingerprint density at radius 3 is 2.76 bits per heavy atom. The van der Waals surface area contributed by atoms with Gasteiger partial charge in [-0.2, -0.15) is 0 Å². The van der Waals surface area contributed by atoms with Crippen LogP contribution in [0, 0.1) is 0 Å². The lowest BCUT2D eigenvalue weighted by atomic mass is 9.77. The number of fused-ring (bicyclic) bond motifs is 1. The van der Waals surface area contributed by atoms with Crippen LogP contribution >= 0.6 is 0 Å². The van der Waals surface area contributed by atoms with Crippen molar-refractivity contribution in [3.05, 3.63) is 29.6 Å². The van der Waals surface area contributed by atoms with E-state index in [1.54, 1.807) is 0 Å². The van der Waals surface area contributed by atoms with Gasteiger partial charge in [0.2, 0.25) is 0 Å². The first-order valence-corrected chi connectivity index (χ1v) is 8.34. The molecular weight excluding hydrogens is 260 g/mol. The number of hydrogen-bond acceptors (Lipinski definition) is 3. The summed E-state index contributed by atoms with van der Waals surface area (Å²) in [4.78, 5) is 20.1. The number of carbonyl (C=O) groups is 1. The lowest BCUT2D eigenvalue weighted by Crippen LogP contribution is -2.54. The summed E-state index contributed by atoms with van der Waals surface area (Å²) < 4.78 is 0. The van der Waals surface area contributed by atoms with Gasteiger partial charge in [0.15, 0.2) is 5.78 Å². The molecule has 0 bridgehead atoms. The van der Waals surface area contributed by atoms with Crippen LogP contribution in [0.1, 0.15) is 63.1 Å². The van der Waals surface area contributed by atoms with Crippen molar-refractivity contribution in [1.29, 1.82) is 0 Å². The van der Waals surface area contributed by atoms with Crippen molar-refractivity contribution >= 4 is 5.78 Å². The Bertz CT molecular complexity index is 518. The molecule has 1 aliphatic carbocycles. The molecule has 0 spiro atoms. The molecular formula is C18H26N2O. The van der Waals surface area contributed by atoms with Crippen LogP contribution in [0.4, 0.5) is 0 Å². The summed E-state index contributed by atoms with van der Waals surface area (Å²) in [7, 11) is 0. The first kappa shape index (κ1) is 14.7. The fourth-order valence-corrected chi connectivity index (χ4v) is 3.90. The molecule has 2 aliphatic rings. The Morgan fingerprint density at radius 1 is 1.24 bits per heavy atom. The van der Waals surface area contributed by atoms with E-state index in [4.69, 9.17) is 0 Å². The summed E-state index contributed by atoms with van der Waals surface area (Å²) >= 11 is 0.